The monoisotopic (exact) mass is 269 g/mol. The summed E-state index contributed by atoms with van der Waals surface area (Å²) >= 11 is 0. The van der Waals surface area contributed by atoms with Gasteiger partial charge in [-0.05, 0) is 36.5 Å². The molecule has 0 heterocycles. The lowest BCUT2D eigenvalue weighted by Gasteiger charge is -2.08. The van der Waals surface area contributed by atoms with Crippen molar-refractivity contribution in [2.24, 2.45) is 5.92 Å². The summed E-state index contributed by atoms with van der Waals surface area (Å²) < 4.78 is 26.6. The van der Waals surface area contributed by atoms with Gasteiger partial charge in [-0.1, -0.05) is 39.3 Å². The first-order valence-corrected chi connectivity index (χ1v) is 8.02. The maximum absolute atomic E-state index is 12.0. The first-order valence-electron chi connectivity index (χ1n) is 6.54. The molecule has 0 amide bonds. The SMILES string of the molecule is CCCc1ccc(S(=O)(=O)NCCC(C)C)cc1. The molecule has 1 N–H and O–H groups in total. The van der Waals surface area contributed by atoms with Crippen LogP contribution in [0.5, 0.6) is 0 Å². The molecule has 1 aromatic rings. The molecule has 18 heavy (non-hydrogen) atoms. The zero-order valence-corrected chi connectivity index (χ0v) is 12.3. The van der Waals surface area contributed by atoms with E-state index >= 15 is 0 Å². The first kappa shape index (κ1) is 15.2. The van der Waals surface area contributed by atoms with E-state index in [-0.39, 0.29) is 0 Å². The molecule has 0 saturated heterocycles. The van der Waals surface area contributed by atoms with E-state index in [1.54, 1.807) is 12.1 Å². The van der Waals surface area contributed by atoms with Crippen molar-refractivity contribution >= 4 is 10.0 Å². The van der Waals surface area contributed by atoms with Gasteiger partial charge in [-0.15, -0.1) is 0 Å². The van der Waals surface area contributed by atoms with Crippen molar-refractivity contribution in [3.63, 3.8) is 0 Å². The second-order valence-electron chi connectivity index (χ2n) is 4.97. The highest BCUT2D eigenvalue weighted by atomic mass is 32.2. The molecule has 0 bridgehead atoms. The van der Waals surface area contributed by atoms with E-state index in [1.807, 2.05) is 12.1 Å². The Bertz CT molecular complexity index is 449. The number of aryl methyl sites for hydroxylation is 1. The normalized spacial score (nSPS) is 12.0. The van der Waals surface area contributed by atoms with Gasteiger partial charge in [0.25, 0.3) is 0 Å². The topological polar surface area (TPSA) is 46.2 Å². The minimum Gasteiger partial charge on any atom is -0.211 e. The van der Waals surface area contributed by atoms with Crippen LogP contribution in [0.1, 0.15) is 39.2 Å². The van der Waals surface area contributed by atoms with Crippen molar-refractivity contribution in [2.75, 3.05) is 6.54 Å². The molecule has 0 saturated carbocycles. The van der Waals surface area contributed by atoms with Crippen molar-refractivity contribution in [1.29, 1.82) is 0 Å². The highest BCUT2D eigenvalue weighted by Crippen LogP contribution is 2.12. The second kappa shape index (κ2) is 6.90. The van der Waals surface area contributed by atoms with E-state index in [9.17, 15) is 8.42 Å². The molecule has 0 aliphatic heterocycles. The number of rotatable bonds is 7. The van der Waals surface area contributed by atoms with Crippen LogP contribution in [-0.2, 0) is 16.4 Å². The summed E-state index contributed by atoms with van der Waals surface area (Å²) in [4.78, 5) is 0.353. The number of nitrogens with one attached hydrogen (secondary N) is 1. The fourth-order valence-electron chi connectivity index (χ4n) is 1.69. The molecule has 0 aliphatic carbocycles. The molecule has 3 nitrogen and oxygen atoms in total. The molecule has 0 aromatic heterocycles. The van der Waals surface area contributed by atoms with Gasteiger partial charge in [0.2, 0.25) is 10.0 Å². The lowest BCUT2D eigenvalue weighted by Crippen LogP contribution is -2.25. The van der Waals surface area contributed by atoms with Gasteiger partial charge >= 0.3 is 0 Å². The minimum atomic E-state index is -3.34. The van der Waals surface area contributed by atoms with Crippen LogP contribution < -0.4 is 4.72 Å². The molecule has 1 rings (SSSR count). The number of hydrogen-bond acceptors (Lipinski definition) is 2. The maximum Gasteiger partial charge on any atom is 0.240 e. The summed E-state index contributed by atoms with van der Waals surface area (Å²) in [5.41, 5.74) is 1.18. The van der Waals surface area contributed by atoms with E-state index in [1.165, 1.54) is 5.56 Å². The summed E-state index contributed by atoms with van der Waals surface area (Å²) in [6.45, 7) is 6.76. The molecule has 0 aliphatic rings. The number of hydrogen-bond donors (Lipinski definition) is 1. The zero-order chi connectivity index (χ0) is 13.6. The Hall–Kier alpha value is -0.870. The van der Waals surface area contributed by atoms with Crippen molar-refractivity contribution < 1.29 is 8.42 Å². The molecule has 0 fully saturated rings. The smallest absolute Gasteiger partial charge is 0.211 e. The molecule has 0 radical (unpaired) electrons. The summed E-state index contributed by atoms with van der Waals surface area (Å²) in [5.74, 6) is 0.500. The fourth-order valence-corrected chi connectivity index (χ4v) is 2.74. The highest BCUT2D eigenvalue weighted by Gasteiger charge is 2.12. The lowest BCUT2D eigenvalue weighted by atomic mass is 10.1. The van der Waals surface area contributed by atoms with E-state index in [4.69, 9.17) is 0 Å². The molecule has 1 aromatic carbocycles. The lowest BCUT2D eigenvalue weighted by molar-refractivity contribution is 0.551. The van der Waals surface area contributed by atoms with Crippen LogP contribution in [0.15, 0.2) is 29.2 Å². The molecular formula is C14H23NO2S. The molecule has 4 heteroatoms. The van der Waals surface area contributed by atoms with Gasteiger partial charge in [-0.25, -0.2) is 13.1 Å². The van der Waals surface area contributed by atoms with Gasteiger partial charge in [-0.3, -0.25) is 0 Å². The quantitative estimate of drug-likeness (QED) is 0.827. The van der Waals surface area contributed by atoms with Crippen LogP contribution in [0.3, 0.4) is 0 Å². The average Bonchev–Trinajstić information content (AvgIpc) is 2.29. The Morgan fingerprint density at radius 1 is 1.17 bits per heavy atom. The largest absolute Gasteiger partial charge is 0.240 e. The van der Waals surface area contributed by atoms with E-state index < -0.39 is 10.0 Å². The van der Waals surface area contributed by atoms with Gasteiger partial charge in [0.15, 0.2) is 0 Å². The van der Waals surface area contributed by atoms with E-state index in [2.05, 4.69) is 25.5 Å². The Morgan fingerprint density at radius 3 is 2.28 bits per heavy atom. The predicted octanol–water partition coefficient (Wildman–Crippen LogP) is 2.96. The minimum absolute atomic E-state index is 0.353. The van der Waals surface area contributed by atoms with Crippen LogP contribution in [0.2, 0.25) is 0 Å². The van der Waals surface area contributed by atoms with Crippen LogP contribution in [0.4, 0.5) is 0 Å². The maximum atomic E-state index is 12.0. The third kappa shape index (κ3) is 4.78. The molecule has 102 valence electrons. The predicted molar refractivity (Wildman–Crippen MR) is 75.1 cm³/mol. The highest BCUT2D eigenvalue weighted by molar-refractivity contribution is 7.89. The third-order valence-electron chi connectivity index (χ3n) is 2.79. The van der Waals surface area contributed by atoms with Gasteiger partial charge < -0.3 is 0 Å². The summed E-state index contributed by atoms with van der Waals surface area (Å²) in [6, 6.07) is 7.15. The van der Waals surface area contributed by atoms with Crippen molar-refractivity contribution in [3.8, 4) is 0 Å². The Morgan fingerprint density at radius 2 is 1.78 bits per heavy atom. The van der Waals surface area contributed by atoms with Crippen LogP contribution >= 0.6 is 0 Å². The average molecular weight is 269 g/mol. The summed E-state index contributed by atoms with van der Waals surface area (Å²) in [6.07, 6.45) is 2.91. The second-order valence-corrected chi connectivity index (χ2v) is 6.74. The van der Waals surface area contributed by atoms with Crippen LogP contribution in [0.25, 0.3) is 0 Å². The van der Waals surface area contributed by atoms with Gasteiger partial charge in [-0.2, -0.15) is 0 Å². The zero-order valence-electron chi connectivity index (χ0n) is 11.4. The van der Waals surface area contributed by atoms with Crippen molar-refractivity contribution in [3.05, 3.63) is 29.8 Å². The molecule has 0 atom stereocenters. The van der Waals surface area contributed by atoms with Gasteiger partial charge in [0.05, 0.1) is 4.90 Å². The van der Waals surface area contributed by atoms with Crippen LogP contribution in [0, 0.1) is 5.92 Å². The van der Waals surface area contributed by atoms with Crippen molar-refractivity contribution in [2.45, 2.75) is 44.9 Å². The standard InChI is InChI=1S/C14H23NO2S/c1-4-5-13-6-8-14(9-7-13)18(16,17)15-11-10-12(2)3/h6-9,12,15H,4-5,10-11H2,1-3H3. The van der Waals surface area contributed by atoms with Gasteiger partial charge in [0.1, 0.15) is 0 Å². The Kier molecular flexibility index (Phi) is 5.82. The van der Waals surface area contributed by atoms with Crippen LogP contribution in [-0.4, -0.2) is 15.0 Å². The molecule has 0 unspecified atom stereocenters. The fraction of sp³-hybridized carbons (Fsp3) is 0.571. The third-order valence-corrected chi connectivity index (χ3v) is 4.26. The van der Waals surface area contributed by atoms with Crippen molar-refractivity contribution in [1.82, 2.24) is 4.72 Å². The summed E-state index contributed by atoms with van der Waals surface area (Å²) in [7, 11) is -3.34. The van der Waals surface area contributed by atoms with E-state index in [0.29, 0.717) is 17.4 Å². The Labute approximate surface area is 111 Å². The molecule has 0 spiro atoms. The van der Waals surface area contributed by atoms with Gasteiger partial charge in [0, 0.05) is 6.54 Å². The Balaban J connectivity index is 2.67. The summed E-state index contributed by atoms with van der Waals surface area (Å²) in [5, 5.41) is 0. The number of sulfonamides is 1. The number of benzene rings is 1. The van der Waals surface area contributed by atoms with E-state index in [0.717, 1.165) is 19.3 Å². The first-order chi connectivity index (χ1) is 8.45. The molecular weight excluding hydrogens is 246 g/mol.